The summed E-state index contributed by atoms with van der Waals surface area (Å²) in [7, 11) is 0. The summed E-state index contributed by atoms with van der Waals surface area (Å²) in [4.78, 5) is 65.8. The minimum Gasteiger partial charge on any atom is -0.346 e. The molecule has 5 amide bonds. The SMILES string of the molecule is C=CCNC(=O)C(=O)C(CCC)NC(=O)[C@@H]1CCCN1C(=O)[C@@H](NC(=O)NC(C)CC)C1CCCC1.CCC. The Morgan fingerprint density at radius 2 is 1.59 bits per heavy atom. The van der Waals surface area contributed by atoms with Gasteiger partial charge in [-0.1, -0.05) is 59.5 Å². The molecule has 4 atom stereocenters. The second-order valence-electron chi connectivity index (χ2n) is 10.6. The van der Waals surface area contributed by atoms with Crippen molar-refractivity contribution in [3.8, 4) is 0 Å². The molecule has 1 heterocycles. The number of rotatable bonds is 13. The molecule has 1 aliphatic carbocycles. The first kappa shape index (κ1) is 34.1. The maximum Gasteiger partial charge on any atom is 0.315 e. The fourth-order valence-electron chi connectivity index (χ4n) is 4.90. The van der Waals surface area contributed by atoms with Gasteiger partial charge >= 0.3 is 6.03 Å². The van der Waals surface area contributed by atoms with E-state index in [0.717, 1.165) is 32.1 Å². The van der Waals surface area contributed by atoms with Crippen molar-refractivity contribution >= 4 is 29.5 Å². The Hall–Kier alpha value is -2.91. The number of carbonyl (C=O) groups excluding carboxylic acids is 5. The molecule has 1 aliphatic heterocycles. The van der Waals surface area contributed by atoms with Gasteiger partial charge in [-0.25, -0.2) is 4.79 Å². The second kappa shape index (κ2) is 18.4. The first-order chi connectivity index (χ1) is 18.6. The lowest BCUT2D eigenvalue weighted by Gasteiger charge is -2.32. The van der Waals surface area contributed by atoms with Crippen LogP contribution in [0, 0.1) is 5.92 Å². The third kappa shape index (κ3) is 11.0. The summed E-state index contributed by atoms with van der Waals surface area (Å²) < 4.78 is 0. The molecule has 0 aromatic rings. The van der Waals surface area contributed by atoms with Crippen molar-refractivity contribution < 1.29 is 24.0 Å². The molecular weight excluding hydrogens is 498 g/mol. The van der Waals surface area contributed by atoms with Gasteiger partial charge in [-0.05, 0) is 51.4 Å². The number of Topliss-reactive ketones (excluding diaryl/α,β-unsaturated/α-hetero) is 1. The van der Waals surface area contributed by atoms with Crippen molar-refractivity contribution in [2.24, 2.45) is 5.92 Å². The van der Waals surface area contributed by atoms with Crippen molar-refractivity contribution in [1.29, 1.82) is 0 Å². The Labute approximate surface area is 234 Å². The number of likely N-dealkylation sites (tertiary alicyclic amines) is 1. The molecule has 2 rings (SSSR count). The van der Waals surface area contributed by atoms with Crippen molar-refractivity contribution in [3.63, 3.8) is 0 Å². The van der Waals surface area contributed by atoms with Crippen molar-refractivity contribution in [1.82, 2.24) is 26.2 Å². The molecule has 1 saturated heterocycles. The highest BCUT2D eigenvalue weighted by atomic mass is 16.2. The number of nitrogens with zero attached hydrogens (tertiary/aromatic N) is 1. The van der Waals surface area contributed by atoms with Crippen molar-refractivity contribution in [3.05, 3.63) is 12.7 Å². The predicted octanol–water partition coefficient (Wildman–Crippen LogP) is 3.21. The molecule has 2 fully saturated rings. The Balaban J connectivity index is 0.00000242. The number of carbonyl (C=O) groups is 5. The lowest BCUT2D eigenvalue weighted by Crippen LogP contribution is -2.58. The quantitative estimate of drug-likeness (QED) is 0.207. The van der Waals surface area contributed by atoms with E-state index in [1.807, 2.05) is 20.8 Å². The van der Waals surface area contributed by atoms with Crippen LogP contribution in [0.5, 0.6) is 0 Å². The smallest absolute Gasteiger partial charge is 0.315 e. The lowest BCUT2D eigenvalue weighted by molar-refractivity contribution is -0.143. The number of amides is 5. The summed E-state index contributed by atoms with van der Waals surface area (Å²) in [5.41, 5.74) is 0. The van der Waals surface area contributed by atoms with E-state index in [9.17, 15) is 24.0 Å². The van der Waals surface area contributed by atoms with Crippen LogP contribution in [0.2, 0.25) is 0 Å². The zero-order chi connectivity index (χ0) is 29.4. The van der Waals surface area contributed by atoms with Gasteiger partial charge < -0.3 is 26.2 Å². The first-order valence-electron chi connectivity index (χ1n) is 14.8. The molecule has 4 N–H and O–H groups in total. The van der Waals surface area contributed by atoms with Gasteiger partial charge in [-0.2, -0.15) is 0 Å². The Bertz CT molecular complexity index is 827. The summed E-state index contributed by atoms with van der Waals surface area (Å²) in [6.45, 7) is 14.1. The molecule has 2 unspecified atom stereocenters. The second-order valence-corrected chi connectivity index (χ2v) is 10.6. The molecule has 1 saturated carbocycles. The summed E-state index contributed by atoms with van der Waals surface area (Å²) >= 11 is 0. The van der Waals surface area contributed by atoms with Crippen LogP contribution in [0.25, 0.3) is 0 Å². The van der Waals surface area contributed by atoms with E-state index in [2.05, 4.69) is 41.7 Å². The average molecular weight is 550 g/mol. The van der Waals surface area contributed by atoms with Crippen molar-refractivity contribution in [2.45, 2.75) is 123 Å². The van der Waals surface area contributed by atoms with Crippen LogP contribution in [-0.4, -0.2) is 71.7 Å². The van der Waals surface area contributed by atoms with Gasteiger partial charge in [0.25, 0.3) is 5.91 Å². The summed E-state index contributed by atoms with van der Waals surface area (Å²) in [6.07, 6.45) is 9.20. The fourth-order valence-corrected chi connectivity index (χ4v) is 4.90. The van der Waals surface area contributed by atoms with Crippen LogP contribution in [-0.2, 0) is 19.2 Å². The van der Waals surface area contributed by atoms with Gasteiger partial charge in [0, 0.05) is 19.1 Å². The van der Waals surface area contributed by atoms with E-state index in [-0.39, 0.29) is 30.4 Å². The number of urea groups is 1. The third-order valence-electron chi connectivity index (χ3n) is 7.09. The summed E-state index contributed by atoms with van der Waals surface area (Å²) in [6, 6.07) is -2.82. The van der Waals surface area contributed by atoms with Crippen LogP contribution in [0.3, 0.4) is 0 Å². The average Bonchev–Trinajstić information content (AvgIpc) is 3.62. The van der Waals surface area contributed by atoms with E-state index < -0.39 is 35.7 Å². The Morgan fingerprint density at radius 1 is 0.949 bits per heavy atom. The summed E-state index contributed by atoms with van der Waals surface area (Å²) in [5, 5.41) is 10.9. The maximum absolute atomic E-state index is 13.7. The molecule has 0 radical (unpaired) electrons. The highest BCUT2D eigenvalue weighted by Crippen LogP contribution is 2.30. The molecule has 2 aliphatic rings. The molecule has 222 valence electrons. The fraction of sp³-hybridized carbons (Fsp3) is 0.759. The minimum absolute atomic E-state index is 0.0208. The molecule has 0 spiro atoms. The normalized spacial score (nSPS) is 19.1. The monoisotopic (exact) mass is 549 g/mol. The predicted molar refractivity (Wildman–Crippen MR) is 153 cm³/mol. The molecule has 0 aromatic heterocycles. The van der Waals surface area contributed by atoms with Crippen LogP contribution in [0.1, 0.15) is 98.8 Å². The van der Waals surface area contributed by atoms with Crippen molar-refractivity contribution in [2.75, 3.05) is 13.1 Å². The van der Waals surface area contributed by atoms with Crippen LogP contribution in [0.4, 0.5) is 4.79 Å². The molecule has 0 bridgehead atoms. The standard InChI is InChI=1S/C26H43N5O5.C3H8/c1-5-11-19(22(32)24(34)27-15-6-2)29-23(33)20-14-10-16-31(20)25(35)21(18-12-8-9-13-18)30-26(36)28-17(4)7-3;1-3-2/h6,17-21H,2,5,7-16H2,1,3-4H3,(H,27,34)(H,29,33)(H2,28,30,36);3H2,1-2H3/t17?,19?,20-,21-;/m0./s1. The zero-order valence-corrected chi connectivity index (χ0v) is 24.6. The van der Waals surface area contributed by atoms with Gasteiger partial charge in [0.05, 0.1) is 6.04 Å². The first-order valence-corrected chi connectivity index (χ1v) is 14.8. The zero-order valence-electron chi connectivity index (χ0n) is 24.6. The molecule has 10 heteroatoms. The van der Waals surface area contributed by atoms with Gasteiger partial charge in [0.15, 0.2) is 0 Å². The van der Waals surface area contributed by atoms with Gasteiger partial charge in [0.1, 0.15) is 12.1 Å². The number of ketones is 1. The highest BCUT2D eigenvalue weighted by molar-refractivity contribution is 6.38. The Kier molecular flexibility index (Phi) is 16.1. The lowest BCUT2D eigenvalue weighted by atomic mass is 9.96. The largest absolute Gasteiger partial charge is 0.346 e. The van der Waals surface area contributed by atoms with E-state index >= 15 is 0 Å². The highest BCUT2D eigenvalue weighted by Gasteiger charge is 2.42. The topological polar surface area (TPSA) is 137 Å². The Morgan fingerprint density at radius 3 is 2.15 bits per heavy atom. The van der Waals surface area contributed by atoms with E-state index in [1.54, 1.807) is 0 Å². The molecular formula is C29H51N5O5. The van der Waals surface area contributed by atoms with Crippen LogP contribution in [0.15, 0.2) is 12.7 Å². The van der Waals surface area contributed by atoms with Gasteiger partial charge in [0.2, 0.25) is 17.6 Å². The van der Waals surface area contributed by atoms with Gasteiger partial charge in [-0.15, -0.1) is 6.58 Å². The van der Waals surface area contributed by atoms with Crippen LogP contribution < -0.4 is 21.3 Å². The van der Waals surface area contributed by atoms with Crippen LogP contribution >= 0.6 is 0 Å². The number of hydrogen-bond donors (Lipinski definition) is 4. The maximum atomic E-state index is 13.7. The van der Waals surface area contributed by atoms with E-state index in [1.165, 1.54) is 17.4 Å². The molecule has 10 nitrogen and oxygen atoms in total. The third-order valence-corrected chi connectivity index (χ3v) is 7.09. The minimum atomic E-state index is -0.963. The summed E-state index contributed by atoms with van der Waals surface area (Å²) in [5.74, 6) is -2.17. The van der Waals surface area contributed by atoms with E-state index in [0.29, 0.717) is 32.2 Å². The number of nitrogens with one attached hydrogen (secondary N) is 4. The molecule has 39 heavy (non-hydrogen) atoms. The molecule has 0 aromatic carbocycles. The number of hydrogen-bond acceptors (Lipinski definition) is 5. The van der Waals surface area contributed by atoms with Gasteiger partial charge in [-0.3, -0.25) is 19.2 Å². The van der Waals surface area contributed by atoms with E-state index in [4.69, 9.17) is 0 Å².